The molecule has 2 aromatic carbocycles. The Balaban J connectivity index is 2.06. The SMILES string of the molecule is O=C(CP(=O)(OCc1ccccc1)OCc1ccccc1)[C@@H](O)CO. The molecule has 0 aliphatic heterocycles. The van der Waals surface area contributed by atoms with E-state index in [2.05, 4.69) is 0 Å². The molecule has 0 aliphatic carbocycles. The second-order valence-corrected chi connectivity index (χ2v) is 7.51. The van der Waals surface area contributed by atoms with E-state index >= 15 is 0 Å². The van der Waals surface area contributed by atoms with Crippen LogP contribution in [0.5, 0.6) is 0 Å². The third-order valence-electron chi connectivity index (χ3n) is 3.44. The molecule has 0 radical (unpaired) electrons. The van der Waals surface area contributed by atoms with Gasteiger partial charge in [-0.25, -0.2) is 0 Å². The van der Waals surface area contributed by atoms with E-state index in [9.17, 15) is 14.5 Å². The van der Waals surface area contributed by atoms with Gasteiger partial charge in [-0.2, -0.15) is 0 Å². The van der Waals surface area contributed by atoms with Crippen molar-refractivity contribution in [1.82, 2.24) is 0 Å². The van der Waals surface area contributed by atoms with Gasteiger partial charge in [0.1, 0.15) is 12.3 Å². The first-order chi connectivity index (χ1) is 12.0. The van der Waals surface area contributed by atoms with Crippen molar-refractivity contribution in [3.8, 4) is 0 Å². The Bertz CT molecular complexity index is 657. The van der Waals surface area contributed by atoms with Crippen LogP contribution < -0.4 is 0 Å². The lowest BCUT2D eigenvalue weighted by Gasteiger charge is -2.19. The monoisotopic (exact) mass is 364 g/mol. The summed E-state index contributed by atoms with van der Waals surface area (Å²) in [4.78, 5) is 11.9. The quantitative estimate of drug-likeness (QED) is 0.630. The average molecular weight is 364 g/mol. The van der Waals surface area contributed by atoms with Gasteiger partial charge in [-0.15, -0.1) is 0 Å². The van der Waals surface area contributed by atoms with Crippen molar-refractivity contribution in [2.75, 3.05) is 12.8 Å². The number of hydrogen-bond acceptors (Lipinski definition) is 6. The molecule has 0 unspecified atom stereocenters. The maximum Gasteiger partial charge on any atom is 0.338 e. The molecular formula is C18H21O6P. The zero-order valence-electron chi connectivity index (χ0n) is 13.7. The van der Waals surface area contributed by atoms with Gasteiger partial charge in [0, 0.05) is 0 Å². The molecule has 0 saturated heterocycles. The van der Waals surface area contributed by atoms with Crippen molar-refractivity contribution in [3.63, 3.8) is 0 Å². The molecule has 0 aromatic heterocycles. The van der Waals surface area contributed by atoms with Gasteiger partial charge >= 0.3 is 7.60 Å². The molecule has 0 heterocycles. The van der Waals surface area contributed by atoms with Gasteiger partial charge in [0.05, 0.1) is 19.8 Å². The smallest absolute Gasteiger partial charge is 0.338 e. The Morgan fingerprint density at radius 3 is 1.76 bits per heavy atom. The van der Waals surface area contributed by atoms with Gasteiger partial charge in [0.25, 0.3) is 0 Å². The molecule has 2 rings (SSSR count). The summed E-state index contributed by atoms with van der Waals surface area (Å²) in [5.41, 5.74) is 1.56. The van der Waals surface area contributed by atoms with Crippen LogP contribution in [-0.2, 0) is 31.6 Å². The van der Waals surface area contributed by atoms with E-state index in [0.717, 1.165) is 11.1 Å². The van der Waals surface area contributed by atoms with Crippen LogP contribution in [0.1, 0.15) is 11.1 Å². The highest BCUT2D eigenvalue weighted by Crippen LogP contribution is 2.49. The first kappa shape index (κ1) is 19.5. The fourth-order valence-electron chi connectivity index (χ4n) is 2.02. The fourth-order valence-corrected chi connectivity index (χ4v) is 3.56. The summed E-state index contributed by atoms with van der Waals surface area (Å²) in [6.45, 7) is -0.721. The zero-order chi connectivity index (χ0) is 18.1. The summed E-state index contributed by atoms with van der Waals surface area (Å²) in [7, 11) is -3.79. The van der Waals surface area contributed by atoms with Crippen LogP contribution >= 0.6 is 7.60 Å². The summed E-state index contributed by atoms with van der Waals surface area (Å²) in [6, 6.07) is 18.1. The number of Topliss-reactive ketones (excluding diaryl/α,β-unsaturated/α-hetero) is 1. The minimum atomic E-state index is -3.79. The lowest BCUT2D eigenvalue weighted by molar-refractivity contribution is -0.126. The van der Waals surface area contributed by atoms with E-state index in [1.807, 2.05) is 36.4 Å². The summed E-state index contributed by atoms with van der Waals surface area (Å²) < 4.78 is 23.8. The van der Waals surface area contributed by atoms with E-state index in [-0.39, 0.29) is 13.2 Å². The molecule has 0 bridgehead atoms. The normalized spacial score (nSPS) is 12.7. The largest absolute Gasteiger partial charge is 0.393 e. The van der Waals surface area contributed by atoms with Crippen molar-refractivity contribution in [3.05, 3.63) is 71.8 Å². The molecule has 134 valence electrons. The third kappa shape index (κ3) is 6.53. The van der Waals surface area contributed by atoms with E-state index in [4.69, 9.17) is 14.2 Å². The summed E-state index contributed by atoms with van der Waals surface area (Å²) in [5.74, 6) is -0.785. The Morgan fingerprint density at radius 1 is 0.920 bits per heavy atom. The van der Waals surface area contributed by atoms with Crippen LogP contribution in [0.4, 0.5) is 0 Å². The number of ketones is 1. The van der Waals surface area contributed by atoms with Crippen molar-refractivity contribution in [1.29, 1.82) is 0 Å². The molecule has 1 atom stereocenters. The number of hydrogen-bond donors (Lipinski definition) is 2. The minimum absolute atomic E-state index is 0.00933. The van der Waals surface area contributed by atoms with Gasteiger partial charge in [-0.1, -0.05) is 60.7 Å². The average Bonchev–Trinajstić information content (AvgIpc) is 2.66. The molecule has 0 amide bonds. The topological polar surface area (TPSA) is 93.1 Å². The van der Waals surface area contributed by atoms with Crippen LogP contribution in [0.25, 0.3) is 0 Å². The molecule has 0 aliphatic rings. The number of carbonyl (C=O) groups excluding carboxylic acids is 1. The minimum Gasteiger partial charge on any atom is -0.393 e. The molecule has 2 N–H and O–H groups in total. The highest BCUT2D eigenvalue weighted by molar-refractivity contribution is 7.54. The van der Waals surface area contributed by atoms with E-state index in [1.54, 1.807) is 24.3 Å². The lowest BCUT2D eigenvalue weighted by Crippen LogP contribution is -2.27. The van der Waals surface area contributed by atoms with Gasteiger partial charge in [-0.05, 0) is 11.1 Å². The number of carbonyl (C=O) groups is 1. The molecule has 2 aromatic rings. The molecule has 25 heavy (non-hydrogen) atoms. The lowest BCUT2D eigenvalue weighted by atomic mass is 10.2. The highest BCUT2D eigenvalue weighted by Gasteiger charge is 2.31. The molecule has 6 nitrogen and oxygen atoms in total. The zero-order valence-corrected chi connectivity index (χ0v) is 14.5. The van der Waals surface area contributed by atoms with E-state index in [0.29, 0.717) is 0 Å². The van der Waals surface area contributed by atoms with Crippen LogP contribution in [0.2, 0.25) is 0 Å². The summed E-state index contributed by atoms with van der Waals surface area (Å²) in [6.07, 6.45) is -2.21. The second-order valence-electron chi connectivity index (χ2n) is 5.45. The number of rotatable bonds is 10. The number of aliphatic hydroxyl groups excluding tert-OH is 2. The van der Waals surface area contributed by atoms with Gasteiger partial charge in [0.2, 0.25) is 0 Å². The summed E-state index contributed by atoms with van der Waals surface area (Å²) in [5, 5.41) is 18.3. The maximum absolute atomic E-state index is 12.9. The Morgan fingerprint density at radius 2 is 1.36 bits per heavy atom. The Labute approximate surface area is 146 Å². The van der Waals surface area contributed by atoms with Crippen molar-refractivity contribution < 1.29 is 28.6 Å². The fraction of sp³-hybridized carbons (Fsp3) is 0.278. The van der Waals surface area contributed by atoms with Crippen LogP contribution in [0.15, 0.2) is 60.7 Å². The van der Waals surface area contributed by atoms with Gasteiger partial charge < -0.3 is 19.3 Å². The van der Waals surface area contributed by atoms with Crippen molar-refractivity contribution >= 4 is 13.4 Å². The maximum atomic E-state index is 12.9. The predicted molar refractivity (Wildman–Crippen MR) is 93.0 cm³/mol. The van der Waals surface area contributed by atoms with E-state index in [1.165, 1.54) is 0 Å². The van der Waals surface area contributed by atoms with E-state index < -0.39 is 32.3 Å². The standard InChI is InChI=1S/C18H21O6P/c19-11-17(20)18(21)14-25(22,23-12-15-7-3-1-4-8-15)24-13-16-9-5-2-6-10-16/h1-10,17,19-20H,11-14H2/t17-/m0/s1. The molecule has 0 saturated carbocycles. The summed E-state index contributed by atoms with van der Waals surface area (Å²) >= 11 is 0. The van der Waals surface area contributed by atoms with Crippen molar-refractivity contribution in [2.24, 2.45) is 0 Å². The second kappa shape index (κ2) is 9.61. The molecule has 0 spiro atoms. The Kier molecular flexibility index (Phi) is 7.50. The molecular weight excluding hydrogens is 343 g/mol. The third-order valence-corrected chi connectivity index (χ3v) is 5.18. The van der Waals surface area contributed by atoms with Crippen LogP contribution in [0.3, 0.4) is 0 Å². The van der Waals surface area contributed by atoms with Gasteiger partial charge in [-0.3, -0.25) is 9.36 Å². The number of aliphatic hydroxyl groups is 2. The highest BCUT2D eigenvalue weighted by atomic mass is 31.2. The van der Waals surface area contributed by atoms with Crippen LogP contribution in [0, 0.1) is 0 Å². The first-order valence-electron chi connectivity index (χ1n) is 7.80. The van der Waals surface area contributed by atoms with Gasteiger partial charge in [0.15, 0.2) is 5.78 Å². The van der Waals surface area contributed by atoms with Crippen LogP contribution in [-0.4, -0.2) is 34.9 Å². The molecule has 0 fully saturated rings. The Hall–Kier alpha value is -1.82. The predicted octanol–water partition coefficient (Wildman–Crippen LogP) is 2.54. The molecule has 7 heteroatoms. The first-order valence-corrected chi connectivity index (χ1v) is 9.53. The number of benzene rings is 2. The van der Waals surface area contributed by atoms with Crippen molar-refractivity contribution in [2.45, 2.75) is 19.3 Å².